The van der Waals surface area contributed by atoms with Crippen molar-refractivity contribution in [2.75, 3.05) is 18.0 Å². The molecular formula is C18H27N9O. The van der Waals surface area contributed by atoms with E-state index < -0.39 is 5.66 Å². The number of hydrogen-bond acceptors (Lipinski definition) is 9. The van der Waals surface area contributed by atoms with Crippen molar-refractivity contribution < 1.29 is 5.11 Å². The summed E-state index contributed by atoms with van der Waals surface area (Å²) >= 11 is 0. The summed E-state index contributed by atoms with van der Waals surface area (Å²) in [6.45, 7) is 12.1. The van der Waals surface area contributed by atoms with Crippen molar-refractivity contribution in [1.82, 2.24) is 19.5 Å². The Bertz CT molecular complexity index is 928. The van der Waals surface area contributed by atoms with Crippen LogP contribution in [0.2, 0.25) is 0 Å². The van der Waals surface area contributed by atoms with Crippen LogP contribution in [0.25, 0.3) is 11.2 Å². The van der Waals surface area contributed by atoms with Gasteiger partial charge in [-0.2, -0.15) is 0 Å². The number of aliphatic hydroxyl groups is 1. The lowest BCUT2D eigenvalue weighted by molar-refractivity contribution is 0.198. The van der Waals surface area contributed by atoms with E-state index in [-0.39, 0.29) is 17.4 Å². The fraction of sp³-hybridized carbons (Fsp3) is 0.722. The smallest absolute Gasteiger partial charge is 0.215 e. The maximum Gasteiger partial charge on any atom is 0.215 e. The monoisotopic (exact) mass is 385 g/mol. The first kappa shape index (κ1) is 18.9. The highest BCUT2D eigenvalue weighted by atomic mass is 16.3. The third kappa shape index (κ3) is 3.15. The Kier molecular flexibility index (Phi) is 4.40. The number of hydrogen-bond donors (Lipinski definition) is 1. The van der Waals surface area contributed by atoms with Gasteiger partial charge in [-0.05, 0) is 16.9 Å². The number of imidazole rings is 1. The Morgan fingerprint density at radius 3 is 2.50 bits per heavy atom. The first-order valence-corrected chi connectivity index (χ1v) is 9.70. The van der Waals surface area contributed by atoms with Crippen molar-refractivity contribution in [3.8, 4) is 0 Å². The Hall–Kier alpha value is -2.49. The van der Waals surface area contributed by atoms with Gasteiger partial charge in [0.1, 0.15) is 5.82 Å². The third-order valence-corrected chi connectivity index (χ3v) is 5.38. The van der Waals surface area contributed by atoms with Crippen LogP contribution in [-0.4, -0.2) is 49.5 Å². The number of β-amino-alcohol motifs (C(OH)–C–C–N with tert-alkyl or cyclic N) is 1. The van der Waals surface area contributed by atoms with Crippen molar-refractivity contribution in [2.24, 2.45) is 26.6 Å². The Morgan fingerprint density at radius 2 is 1.93 bits per heavy atom. The van der Waals surface area contributed by atoms with Crippen molar-refractivity contribution in [2.45, 2.75) is 64.8 Å². The summed E-state index contributed by atoms with van der Waals surface area (Å²) in [7, 11) is 0. The lowest BCUT2D eigenvalue weighted by Gasteiger charge is -2.25. The molecule has 28 heavy (non-hydrogen) atoms. The second-order valence-electron chi connectivity index (χ2n) is 8.97. The number of fused-ring (bicyclic) bond motifs is 1. The van der Waals surface area contributed by atoms with E-state index >= 15 is 0 Å². The molecule has 4 heterocycles. The van der Waals surface area contributed by atoms with Crippen LogP contribution < -0.4 is 4.90 Å². The molecule has 2 aliphatic heterocycles. The Morgan fingerprint density at radius 1 is 1.21 bits per heavy atom. The van der Waals surface area contributed by atoms with Crippen molar-refractivity contribution in [3.63, 3.8) is 0 Å². The second-order valence-corrected chi connectivity index (χ2v) is 8.97. The van der Waals surface area contributed by atoms with E-state index in [9.17, 15) is 5.11 Å². The van der Waals surface area contributed by atoms with Crippen LogP contribution in [0.1, 0.15) is 46.9 Å². The molecule has 0 radical (unpaired) electrons. The average molecular weight is 385 g/mol. The van der Waals surface area contributed by atoms with Gasteiger partial charge < -0.3 is 14.6 Å². The van der Waals surface area contributed by atoms with E-state index in [1.807, 2.05) is 4.57 Å². The normalized spacial score (nSPS) is 21.5. The highest BCUT2D eigenvalue weighted by Crippen LogP contribution is 2.34. The molecule has 2 aliphatic rings. The van der Waals surface area contributed by atoms with Gasteiger partial charge in [-0.25, -0.2) is 15.0 Å². The van der Waals surface area contributed by atoms with Crippen LogP contribution in [0.5, 0.6) is 0 Å². The molecule has 4 rings (SSSR count). The molecule has 10 heteroatoms. The van der Waals surface area contributed by atoms with Crippen LogP contribution >= 0.6 is 0 Å². The molecule has 0 amide bonds. The Balaban J connectivity index is 1.83. The van der Waals surface area contributed by atoms with E-state index in [4.69, 9.17) is 9.97 Å². The van der Waals surface area contributed by atoms with Crippen LogP contribution in [0.3, 0.4) is 0 Å². The molecular weight excluding hydrogens is 358 g/mol. The quantitative estimate of drug-likeness (QED) is 0.868. The number of aliphatic hydroxyl groups excluding tert-OH is 1. The lowest BCUT2D eigenvalue weighted by Crippen LogP contribution is -2.34. The molecule has 1 saturated heterocycles. The minimum absolute atomic E-state index is 0.122. The molecule has 1 N–H and O–H groups in total. The predicted octanol–water partition coefficient (Wildman–Crippen LogP) is 2.88. The zero-order valence-electron chi connectivity index (χ0n) is 17.0. The largest absolute Gasteiger partial charge is 0.391 e. The summed E-state index contributed by atoms with van der Waals surface area (Å²) in [6, 6.07) is 0. The molecule has 1 atom stereocenters. The molecule has 2 aromatic rings. The molecule has 0 aromatic carbocycles. The van der Waals surface area contributed by atoms with Crippen LogP contribution in [-0.2, 0) is 12.0 Å². The van der Waals surface area contributed by atoms with E-state index in [0.717, 1.165) is 35.8 Å². The zero-order chi connectivity index (χ0) is 20.1. The molecule has 2 aromatic heterocycles. The van der Waals surface area contributed by atoms with Crippen molar-refractivity contribution in [1.29, 1.82) is 0 Å². The molecule has 1 fully saturated rings. The number of anilines is 1. The second kappa shape index (κ2) is 6.54. The van der Waals surface area contributed by atoms with Crippen molar-refractivity contribution in [3.05, 3.63) is 12.2 Å². The van der Waals surface area contributed by atoms with Gasteiger partial charge in [0, 0.05) is 24.4 Å². The Labute approximate surface area is 163 Å². The van der Waals surface area contributed by atoms with Crippen molar-refractivity contribution >= 4 is 17.0 Å². The van der Waals surface area contributed by atoms with Gasteiger partial charge in [0.15, 0.2) is 17.0 Å². The summed E-state index contributed by atoms with van der Waals surface area (Å²) in [5.74, 6) is 1.64. The summed E-state index contributed by atoms with van der Waals surface area (Å²) in [4.78, 5) is 16.4. The van der Waals surface area contributed by atoms with E-state index in [0.29, 0.717) is 13.1 Å². The highest BCUT2D eigenvalue weighted by Gasteiger charge is 2.38. The molecule has 0 aliphatic carbocycles. The van der Waals surface area contributed by atoms with Gasteiger partial charge in [-0.1, -0.05) is 34.6 Å². The minimum Gasteiger partial charge on any atom is -0.391 e. The predicted molar refractivity (Wildman–Crippen MR) is 104 cm³/mol. The first-order valence-electron chi connectivity index (χ1n) is 9.70. The molecule has 0 saturated carbocycles. The summed E-state index contributed by atoms with van der Waals surface area (Å²) in [5.41, 5.74) is 0.505. The van der Waals surface area contributed by atoms with Gasteiger partial charge in [0.25, 0.3) is 0 Å². The van der Waals surface area contributed by atoms with Crippen LogP contribution in [0.15, 0.2) is 27.0 Å². The SMILES string of the molecule is CC(C)C1(Cn2cnc3c(N4CCC(O)C4)nc(C(C)(C)C)nc32)N=NN=N1. The molecule has 150 valence electrons. The van der Waals surface area contributed by atoms with Gasteiger partial charge in [-0.3, -0.25) is 0 Å². The molecule has 0 bridgehead atoms. The van der Waals surface area contributed by atoms with Crippen LogP contribution in [0.4, 0.5) is 5.82 Å². The minimum atomic E-state index is -0.746. The fourth-order valence-electron chi connectivity index (χ4n) is 3.48. The topological polar surface area (TPSA) is 117 Å². The number of rotatable bonds is 4. The zero-order valence-corrected chi connectivity index (χ0v) is 17.0. The highest BCUT2D eigenvalue weighted by molar-refractivity contribution is 5.84. The van der Waals surface area contributed by atoms with E-state index in [1.165, 1.54) is 0 Å². The average Bonchev–Trinajstić information content (AvgIpc) is 3.34. The lowest BCUT2D eigenvalue weighted by atomic mass is 9.95. The standard InChI is InChI=1S/C18H27N9O/c1-11(2)18(22-24-25-23-18)9-27-10-19-13-14(26-7-6-12(28)8-26)20-16(17(3,4)5)21-15(13)27/h10-12,28H,6-9H2,1-5H3. The van der Waals surface area contributed by atoms with Gasteiger partial charge in [0.2, 0.25) is 5.66 Å². The van der Waals surface area contributed by atoms with Crippen LogP contribution in [0, 0.1) is 5.92 Å². The molecule has 10 nitrogen and oxygen atoms in total. The summed E-state index contributed by atoms with van der Waals surface area (Å²) in [6.07, 6.45) is 2.15. The summed E-state index contributed by atoms with van der Waals surface area (Å²) < 4.78 is 1.96. The van der Waals surface area contributed by atoms with E-state index in [1.54, 1.807) is 6.33 Å². The molecule has 1 unspecified atom stereocenters. The van der Waals surface area contributed by atoms with Gasteiger partial charge >= 0.3 is 0 Å². The third-order valence-electron chi connectivity index (χ3n) is 5.38. The van der Waals surface area contributed by atoms with Gasteiger partial charge in [-0.15, -0.1) is 10.2 Å². The first-order chi connectivity index (χ1) is 13.2. The fourth-order valence-corrected chi connectivity index (χ4v) is 3.48. The van der Waals surface area contributed by atoms with Gasteiger partial charge in [0.05, 0.1) is 19.0 Å². The summed E-state index contributed by atoms with van der Waals surface area (Å²) in [5, 5.41) is 26.1. The maximum atomic E-state index is 10.00. The van der Waals surface area contributed by atoms with E-state index in [2.05, 4.69) is 65.2 Å². The number of aromatic nitrogens is 4. The number of nitrogens with zero attached hydrogens (tertiary/aromatic N) is 9. The maximum absolute atomic E-state index is 10.00. The molecule has 0 spiro atoms.